The molecule has 1 fully saturated rings. The summed E-state index contributed by atoms with van der Waals surface area (Å²) in [5, 5.41) is 2.53. The van der Waals surface area contributed by atoms with Gasteiger partial charge in [-0.2, -0.15) is 0 Å². The lowest BCUT2D eigenvalue weighted by Gasteiger charge is -2.12. The Hall–Kier alpha value is -3.84. The van der Waals surface area contributed by atoms with E-state index in [0.29, 0.717) is 16.2 Å². The molecule has 0 spiro atoms. The largest absolute Gasteiger partial charge is 0.484 e. The lowest BCUT2D eigenvalue weighted by molar-refractivity contribution is -0.123. The normalized spacial score (nSPS) is 14.5. The number of nitrogens with zero attached hydrogens (tertiary/aromatic N) is 1. The summed E-state index contributed by atoms with van der Waals surface area (Å²) in [6, 6.07) is 22.3. The molecule has 34 heavy (non-hydrogen) atoms. The number of hydrogen-bond donors (Lipinski definition) is 1. The molecule has 1 N–H and O–H groups in total. The van der Waals surface area contributed by atoms with Crippen LogP contribution in [0.2, 0.25) is 0 Å². The number of anilines is 1. The highest BCUT2D eigenvalue weighted by atomic mass is 32.2. The van der Waals surface area contributed by atoms with Crippen molar-refractivity contribution in [3.8, 4) is 5.75 Å². The first-order valence-electron chi connectivity index (χ1n) is 10.8. The van der Waals surface area contributed by atoms with Gasteiger partial charge in [0.2, 0.25) is 0 Å². The molecule has 0 bridgehead atoms. The first-order valence-corrected chi connectivity index (χ1v) is 11.6. The van der Waals surface area contributed by atoms with Crippen LogP contribution in [0.25, 0.3) is 6.08 Å². The monoisotopic (exact) mass is 472 g/mol. The van der Waals surface area contributed by atoms with Crippen LogP contribution < -0.4 is 10.1 Å². The number of benzene rings is 3. The molecule has 1 saturated heterocycles. The van der Waals surface area contributed by atoms with Gasteiger partial charge in [0, 0.05) is 5.69 Å². The van der Waals surface area contributed by atoms with Crippen molar-refractivity contribution >= 4 is 40.6 Å². The van der Waals surface area contributed by atoms with Crippen LogP contribution in [0.1, 0.15) is 22.3 Å². The number of imide groups is 1. The van der Waals surface area contributed by atoms with Crippen LogP contribution in [0.5, 0.6) is 5.75 Å². The van der Waals surface area contributed by atoms with E-state index >= 15 is 0 Å². The van der Waals surface area contributed by atoms with Gasteiger partial charge < -0.3 is 10.1 Å². The fraction of sp³-hybridized carbons (Fsp3) is 0.148. The standard InChI is InChI=1S/C27H24N2O4S/c1-18-7-5-10-21(13-18)16-29-26(31)24(34-27(29)32)15-20-9-6-11-22(14-20)33-17-25(30)28-23-12-4-3-8-19(23)2/h3-15H,16-17H2,1-2H3,(H,28,30)/b24-15-. The van der Waals surface area contributed by atoms with Crippen molar-refractivity contribution < 1.29 is 19.1 Å². The summed E-state index contributed by atoms with van der Waals surface area (Å²) in [5.74, 6) is -0.0925. The summed E-state index contributed by atoms with van der Waals surface area (Å²) in [6.45, 7) is 3.98. The summed E-state index contributed by atoms with van der Waals surface area (Å²) in [7, 11) is 0. The van der Waals surface area contributed by atoms with Gasteiger partial charge in [-0.3, -0.25) is 19.3 Å². The van der Waals surface area contributed by atoms with E-state index in [2.05, 4.69) is 5.32 Å². The third-order valence-corrected chi connectivity index (χ3v) is 6.15. The molecular formula is C27H24N2O4S. The Morgan fingerprint density at radius 2 is 1.79 bits per heavy atom. The molecule has 0 aromatic heterocycles. The van der Waals surface area contributed by atoms with Gasteiger partial charge in [0.15, 0.2) is 6.61 Å². The van der Waals surface area contributed by atoms with Crippen molar-refractivity contribution in [2.45, 2.75) is 20.4 Å². The maximum atomic E-state index is 12.8. The van der Waals surface area contributed by atoms with Crippen LogP contribution in [0.3, 0.4) is 0 Å². The van der Waals surface area contributed by atoms with Crippen molar-refractivity contribution in [3.63, 3.8) is 0 Å². The third-order valence-electron chi connectivity index (χ3n) is 5.24. The van der Waals surface area contributed by atoms with E-state index < -0.39 is 0 Å². The van der Waals surface area contributed by atoms with Crippen molar-refractivity contribution in [3.05, 3.63) is 100.0 Å². The number of hydrogen-bond acceptors (Lipinski definition) is 5. The number of rotatable bonds is 7. The van der Waals surface area contributed by atoms with Crippen molar-refractivity contribution in [1.82, 2.24) is 4.90 Å². The minimum absolute atomic E-state index is 0.148. The molecule has 7 heteroatoms. The average molecular weight is 473 g/mol. The Bertz CT molecular complexity index is 1280. The number of amides is 3. The Morgan fingerprint density at radius 3 is 2.59 bits per heavy atom. The molecule has 172 valence electrons. The van der Waals surface area contributed by atoms with Gasteiger partial charge in [-0.1, -0.05) is 60.2 Å². The Balaban J connectivity index is 1.40. The Kier molecular flexibility index (Phi) is 7.13. The predicted octanol–water partition coefficient (Wildman–Crippen LogP) is 5.56. The zero-order chi connectivity index (χ0) is 24.1. The molecule has 3 aromatic carbocycles. The Morgan fingerprint density at radius 1 is 1.00 bits per heavy atom. The van der Waals surface area contributed by atoms with Crippen molar-refractivity contribution in [2.75, 3.05) is 11.9 Å². The van der Waals surface area contributed by atoms with E-state index in [-0.39, 0.29) is 30.2 Å². The number of aryl methyl sites for hydroxylation is 2. The summed E-state index contributed by atoms with van der Waals surface area (Å²) >= 11 is 0.920. The van der Waals surface area contributed by atoms with Gasteiger partial charge in [-0.25, -0.2) is 0 Å². The number of ether oxygens (including phenoxy) is 1. The van der Waals surface area contributed by atoms with E-state index in [1.807, 2.05) is 68.4 Å². The van der Waals surface area contributed by atoms with Gasteiger partial charge in [-0.05, 0) is 66.6 Å². The van der Waals surface area contributed by atoms with E-state index in [1.54, 1.807) is 24.3 Å². The maximum absolute atomic E-state index is 12.8. The highest BCUT2D eigenvalue weighted by Gasteiger charge is 2.35. The van der Waals surface area contributed by atoms with Gasteiger partial charge in [0.25, 0.3) is 17.1 Å². The summed E-state index contributed by atoms with van der Waals surface area (Å²) in [4.78, 5) is 39.1. The van der Waals surface area contributed by atoms with Gasteiger partial charge in [0.1, 0.15) is 5.75 Å². The molecule has 4 rings (SSSR count). The number of thioether (sulfide) groups is 1. The fourth-order valence-electron chi connectivity index (χ4n) is 3.52. The van der Waals surface area contributed by atoms with Gasteiger partial charge in [0.05, 0.1) is 11.4 Å². The second-order valence-electron chi connectivity index (χ2n) is 7.98. The second kappa shape index (κ2) is 10.4. The fourth-order valence-corrected chi connectivity index (χ4v) is 4.36. The first kappa shape index (κ1) is 23.3. The van der Waals surface area contributed by atoms with Crippen LogP contribution >= 0.6 is 11.8 Å². The molecule has 6 nitrogen and oxygen atoms in total. The molecular weight excluding hydrogens is 448 g/mol. The molecule has 0 unspecified atom stereocenters. The molecule has 1 aliphatic heterocycles. The predicted molar refractivity (Wildman–Crippen MR) is 134 cm³/mol. The van der Waals surface area contributed by atoms with Crippen molar-refractivity contribution in [2.24, 2.45) is 0 Å². The molecule has 3 amide bonds. The van der Waals surface area contributed by atoms with Crippen LogP contribution in [-0.4, -0.2) is 28.6 Å². The zero-order valence-electron chi connectivity index (χ0n) is 18.9. The molecule has 0 radical (unpaired) electrons. The van der Waals surface area contributed by atoms with E-state index in [0.717, 1.165) is 34.1 Å². The SMILES string of the molecule is Cc1cccc(CN2C(=O)S/C(=C\c3cccc(OCC(=O)Nc4ccccc4C)c3)C2=O)c1. The number of nitrogens with one attached hydrogen (secondary N) is 1. The minimum atomic E-state index is -0.319. The highest BCUT2D eigenvalue weighted by Crippen LogP contribution is 2.33. The van der Waals surface area contributed by atoms with Gasteiger partial charge >= 0.3 is 0 Å². The van der Waals surface area contributed by atoms with Crippen LogP contribution in [0, 0.1) is 13.8 Å². The molecule has 1 heterocycles. The van der Waals surface area contributed by atoms with Gasteiger partial charge in [-0.15, -0.1) is 0 Å². The topological polar surface area (TPSA) is 75.7 Å². The van der Waals surface area contributed by atoms with Crippen molar-refractivity contribution in [1.29, 1.82) is 0 Å². The molecule has 0 atom stereocenters. The quantitative estimate of drug-likeness (QED) is 0.456. The lowest BCUT2D eigenvalue weighted by Crippen LogP contribution is -2.27. The second-order valence-corrected chi connectivity index (χ2v) is 8.97. The molecule has 3 aromatic rings. The van der Waals surface area contributed by atoms with E-state index in [4.69, 9.17) is 4.74 Å². The number of carbonyl (C=O) groups excluding carboxylic acids is 3. The molecule has 1 aliphatic rings. The smallest absolute Gasteiger partial charge is 0.293 e. The highest BCUT2D eigenvalue weighted by molar-refractivity contribution is 8.18. The van der Waals surface area contributed by atoms with Crippen LogP contribution in [0.15, 0.2) is 77.7 Å². The Labute approximate surface area is 202 Å². The summed E-state index contributed by atoms with van der Waals surface area (Å²) < 4.78 is 5.63. The van der Waals surface area contributed by atoms with Crippen LogP contribution in [0.4, 0.5) is 10.5 Å². The molecule has 0 aliphatic carbocycles. The number of carbonyl (C=O) groups is 3. The van der Waals surface area contributed by atoms with E-state index in [9.17, 15) is 14.4 Å². The lowest BCUT2D eigenvalue weighted by atomic mass is 10.1. The average Bonchev–Trinajstić information content (AvgIpc) is 3.07. The maximum Gasteiger partial charge on any atom is 0.293 e. The van der Waals surface area contributed by atoms with E-state index in [1.165, 1.54) is 4.90 Å². The third kappa shape index (κ3) is 5.74. The van der Waals surface area contributed by atoms with Crippen LogP contribution in [-0.2, 0) is 16.1 Å². The number of para-hydroxylation sites is 1. The summed E-state index contributed by atoms with van der Waals surface area (Å²) in [5.41, 5.74) is 4.39. The summed E-state index contributed by atoms with van der Waals surface area (Å²) in [6.07, 6.45) is 1.67. The minimum Gasteiger partial charge on any atom is -0.484 e. The molecule has 0 saturated carbocycles. The zero-order valence-corrected chi connectivity index (χ0v) is 19.7. The first-order chi connectivity index (χ1) is 16.4.